The largest absolute Gasteiger partial charge is 0.488 e. The third kappa shape index (κ3) is 3.61. The molecule has 0 spiro atoms. The molecule has 110 valence electrons. The standard InChI is InChI=1S/C14H11ClF2N2O2/c15-9-2-4-11(14(18)19-20)13(5-9)21-7-8-1-3-10(16)6-12(8)17/h1-6,20H,7H2,(H2,18,19). The van der Waals surface area contributed by atoms with Crippen LogP contribution in [0, 0.1) is 11.6 Å². The number of halogens is 3. The molecular formula is C14H11ClF2N2O2. The van der Waals surface area contributed by atoms with Gasteiger partial charge in [0.15, 0.2) is 5.84 Å². The van der Waals surface area contributed by atoms with E-state index in [4.69, 9.17) is 27.3 Å². The molecule has 0 radical (unpaired) electrons. The summed E-state index contributed by atoms with van der Waals surface area (Å²) in [4.78, 5) is 0. The minimum atomic E-state index is -0.720. The second-order valence-corrected chi connectivity index (χ2v) is 4.59. The third-order valence-corrected chi connectivity index (χ3v) is 2.96. The van der Waals surface area contributed by atoms with Crippen molar-refractivity contribution in [3.05, 3.63) is 64.2 Å². The normalized spacial score (nSPS) is 11.5. The summed E-state index contributed by atoms with van der Waals surface area (Å²) < 4.78 is 31.8. The number of oxime groups is 1. The first-order valence-electron chi connectivity index (χ1n) is 5.85. The summed E-state index contributed by atoms with van der Waals surface area (Å²) in [6.45, 7) is -0.155. The first-order valence-corrected chi connectivity index (χ1v) is 6.23. The van der Waals surface area contributed by atoms with E-state index < -0.39 is 11.6 Å². The Bertz CT molecular complexity index is 693. The summed E-state index contributed by atoms with van der Waals surface area (Å²) in [7, 11) is 0. The summed E-state index contributed by atoms with van der Waals surface area (Å²) >= 11 is 5.85. The number of hydrogen-bond donors (Lipinski definition) is 2. The van der Waals surface area contributed by atoms with Gasteiger partial charge in [-0.05, 0) is 30.3 Å². The number of hydrogen-bond acceptors (Lipinski definition) is 3. The van der Waals surface area contributed by atoms with Gasteiger partial charge in [-0.3, -0.25) is 0 Å². The summed E-state index contributed by atoms with van der Waals surface area (Å²) in [5, 5.41) is 12.0. The monoisotopic (exact) mass is 312 g/mol. The molecule has 0 heterocycles. The predicted molar refractivity (Wildman–Crippen MR) is 74.7 cm³/mol. The van der Waals surface area contributed by atoms with E-state index in [1.54, 1.807) is 6.07 Å². The number of benzene rings is 2. The van der Waals surface area contributed by atoms with Crippen LogP contribution in [0.5, 0.6) is 5.75 Å². The fraction of sp³-hybridized carbons (Fsp3) is 0.0714. The molecule has 0 aliphatic heterocycles. The summed E-state index contributed by atoms with van der Waals surface area (Å²) in [6.07, 6.45) is 0. The van der Waals surface area contributed by atoms with Gasteiger partial charge in [-0.15, -0.1) is 0 Å². The van der Waals surface area contributed by atoms with Crippen LogP contribution >= 0.6 is 11.6 Å². The summed E-state index contributed by atoms with van der Waals surface area (Å²) in [5.41, 5.74) is 6.00. The summed E-state index contributed by atoms with van der Waals surface area (Å²) in [5.74, 6) is -1.33. The van der Waals surface area contributed by atoms with E-state index in [-0.39, 0.29) is 23.8 Å². The molecule has 0 saturated heterocycles. The van der Waals surface area contributed by atoms with Crippen molar-refractivity contribution in [1.29, 1.82) is 0 Å². The van der Waals surface area contributed by atoms with Crippen LogP contribution in [0.1, 0.15) is 11.1 Å². The smallest absolute Gasteiger partial charge is 0.173 e. The highest BCUT2D eigenvalue weighted by Gasteiger charge is 2.11. The molecular weight excluding hydrogens is 302 g/mol. The highest BCUT2D eigenvalue weighted by molar-refractivity contribution is 6.30. The lowest BCUT2D eigenvalue weighted by atomic mass is 10.2. The first-order chi connectivity index (χ1) is 10.0. The van der Waals surface area contributed by atoms with Gasteiger partial charge >= 0.3 is 0 Å². The highest BCUT2D eigenvalue weighted by Crippen LogP contribution is 2.24. The van der Waals surface area contributed by atoms with Crippen LogP contribution in [0.15, 0.2) is 41.6 Å². The second-order valence-electron chi connectivity index (χ2n) is 4.15. The molecule has 0 aliphatic carbocycles. The average Bonchev–Trinajstić information content (AvgIpc) is 2.45. The second kappa shape index (κ2) is 6.41. The van der Waals surface area contributed by atoms with Gasteiger partial charge in [0.25, 0.3) is 0 Å². The molecule has 0 saturated carbocycles. The molecule has 0 aromatic heterocycles. The van der Waals surface area contributed by atoms with Gasteiger partial charge in [0.05, 0.1) is 5.56 Å². The molecule has 3 N–H and O–H groups in total. The van der Waals surface area contributed by atoms with E-state index in [1.807, 2.05) is 0 Å². The van der Waals surface area contributed by atoms with Gasteiger partial charge in [0.1, 0.15) is 24.0 Å². The van der Waals surface area contributed by atoms with Crippen LogP contribution in [-0.2, 0) is 6.61 Å². The molecule has 2 rings (SSSR count). The van der Waals surface area contributed by atoms with Gasteiger partial charge in [-0.2, -0.15) is 0 Å². The molecule has 0 aliphatic rings. The molecule has 4 nitrogen and oxygen atoms in total. The first kappa shape index (κ1) is 15.1. The molecule has 0 atom stereocenters. The Labute approximate surface area is 124 Å². The molecule has 21 heavy (non-hydrogen) atoms. The van der Waals surface area contributed by atoms with Crippen molar-refractivity contribution in [2.45, 2.75) is 6.61 Å². The predicted octanol–water partition coefficient (Wildman–Crippen LogP) is 3.29. The van der Waals surface area contributed by atoms with Gasteiger partial charge in [-0.1, -0.05) is 16.8 Å². The van der Waals surface area contributed by atoms with Crippen LogP contribution in [-0.4, -0.2) is 11.0 Å². The lowest BCUT2D eigenvalue weighted by Crippen LogP contribution is -2.15. The number of ether oxygens (including phenoxy) is 1. The molecule has 2 aromatic carbocycles. The lowest BCUT2D eigenvalue weighted by molar-refractivity contribution is 0.297. The van der Waals surface area contributed by atoms with Crippen LogP contribution in [0.25, 0.3) is 0 Å². The maximum absolute atomic E-state index is 13.5. The maximum atomic E-state index is 13.5. The Morgan fingerprint density at radius 2 is 2.00 bits per heavy atom. The number of nitrogens with two attached hydrogens (primary N) is 1. The van der Waals surface area contributed by atoms with Crippen LogP contribution in [0.3, 0.4) is 0 Å². The molecule has 0 amide bonds. The zero-order valence-electron chi connectivity index (χ0n) is 10.7. The Balaban J connectivity index is 2.25. The fourth-order valence-corrected chi connectivity index (χ4v) is 1.84. The molecule has 7 heteroatoms. The van der Waals surface area contributed by atoms with Gasteiger partial charge in [0.2, 0.25) is 0 Å². The quantitative estimate of drug-likeness (QED) is 0.394. The van der Waals surface area contributed by atoms with Crippen molar-refractivity contribution in [2.24, 2.45) is 10.9 Å². The number of amidine groups is 1. The highest BCUT2D eigenvalue weighted by atomic mass is 35.5. The molecule has 0 bridgehead atoms. The molecule has 2 aromatic rings. The van der Waals surface area contributed by atoms with E-state index >= 15 is 0 Å². The van der Waals surface area contributed by atoms with Crippen LogP contribution in [0.4, 0.5) is 8.78 Å². The number of rotatable bonds is 4. The SMILES string of the molecule is N/C(=N/O)c1ccc(Cl)cc1OCc1ccc(F)cc1F. The Hall–Kier alpha value is -2.34. The van der Waals surface area contributed by atoms with E-state index in [9.17, 15) is 8.78 Å². The van der Waals surface area contributed by atoms with Crippen LogP contribution in [0.2, 0.25) is 5.02 Å². The van der Waals surface area contributed by atoms with Crippen molar-refractivity contribution in [1.82, 2.24) is 0 Å². The maximum Gasteiger partial charge on any atom is 0.173 e. The van der Waals surface area contributed by atoms with Gasteiger partial charge in [0, 0.05) is 16.7 Å². The minimum absolute atomic E-state index is 0.155. The molecule has 0 unspecified atom stereocenters. The summed E-state index contributed by atoms with van der Waals surface area (Å²) in [6, 6.07) is 7.67. The Morgan fingerprint density at radius 1 is 1.24 bits per heavy atom. The van der Waals surface area contributed by atoms with E-state index in [2.05, 4.69) is 5.16 Å². The number of nitrogens with zero attached hydrogens (tertiary/aromatic N) is 1. The van der Waals surface area contributed by atoms with Gasteiger partial charge in [-0.25, -0.2) is 8.78 Å². The Kier molecular flexibility index (Phi) is 4.59. The van der Waals surface area contributed by atoms with Crippen molar-refractivity contribution >= 4 is 17.4 Å². The Morgan fingerprint density at radius 3 is 2.67 bits per heavy atom. The lowest BCUT2D eigenvalue weighted by Gasteiger charge is -2.11. The van der Waals surface area contributed by atoms with Crippen molar-refractivity contribution in [2.75, 3.05) is 0 Å². The average molecular weight is 313 g/mol. The zero-order chi connectivity index (χ0) is 15.4. The zero-order valence-corrected chi connectivity index (χ0v) is 11.4. The van der Waals surface area contributed by atoms with E-state index in [0.717, 1.165) is 12.1 Å². The third-order valence-electron chi connectivity index (χ3n) is 2.73. The van der Waals surface area contributed by atoms with Crippen LogP contribution < -0.4 is 10.5 Å². The van der Waals surface area contributed by atoms with Gasteiger partial charge < -0.3 is 15.7 Å². The van der Waals surface area contributed by atoms with E-state index in [1.165, 1.54) is 18.2 Å². The fourth-order valence-electron chi connectivity index (χ4n) is 1.68. The van der Waals surface area contributed by atoms with E-state index in [0.29, 0.717) is 10.6 Å². The topological polar surface area (TPSA) is 67.8 Å². The molecule has 0 fully saturated rings. The minimum Gasteiger partial charge on any atom is -0.488 e. The van der Waals surface area contributed by atoms with Crippen molar-refractivity contribution in [3.8, 4) is 5.75 Å². The van der Waals surface area contributed by atoms with Crippen molar-refractivity contribution in [3.63, 3.8) is 0 Å². The van der Waals surface area contributed by atoms with Crippen molar-refractivity contribution < 1.29 is 18.7 Å².